The average molecular weight is 497 g/mol. The minimum absolute atomic E-state index is 0.256. The zero-order valence-corrected chi connectivity index (χ0v) is 19.3. The highest BCUT2D eigenvalue weighted by molar-refractivity contribution is 6.32. The second kappa shape index (κ2) is 10.2. The Balaban J connectivity index is 1.94. The minimum atomic E-state index is -2.76. The standard InChI is InChI=1S/C27H20ClF3N2O2/c1-2-21(22-10-9-20(29)14-23(22)28)26(17-6-3-16(4-7-17)5-12-25(34)35)18-8-11-24-19(13-18)15-32-33(24)27(30)31/h3-15,27H,2H2,1H3,(H,34,35)/b12-5+,26-21+. The monoisotopic (exact) mass is 496 g/mol. The molecule has 1 N–H and O–H groups in total. The second-order valence-electron chi connectivity index (χ2n) is 7.77. The number of fused-ring (bicyclic) bond motifs is 1. The van der Waals surface area contributed by atoms with Crippen LogP contribution < -0.4 is 0 Å². The lowest BCUT2D eigenvalue weighted by Gasteiger charge is -2.18. The van der Waals surface area contributed by atoms with E-state index in [4.69, 9.17) is 16.7 Å². The van der Waals surface area contributed by atoms with Crippen LogP contribution in [-0.2, 0) is 4.79 Å². The van der Waals surface area contributed by atoms with Crippen LogP contribution in [0.5, 0.6) is 0 Å². The van der Waals surface area contributed by atoms with Crippen molar-refractivity contribution in [1.82, 2.24) is 9.78 Å². The molecule has 4 rings (SSSR count). The van der Waals surface area contributed by atoms with Crippen molar-refractivity contribution in [3.8, 4) is 0 Å². The first-order valence-corrected chi connectivity index (χ1v) is 11.1. The number of halogens is 4. The summed E-state index contributed by atoms with van der Waals surface area (Å²) in [5.41, 5.74) is 4.83. The lowest BCUT2D eigenvalue weighted by atomic mass is 9.87. The minimum Gasteiger partial charge on any atom is -0.478 e. The quantitative estimate of drug-likeness (QED) is 0.211. The first kappa shape index (κ1) is 24.3. The van der Waals surface area contributed by atoms with Gasteiger partial charge in [-0.3, -0.25) is 0 Å². The van der Waals surface area contributed by atoms with E-state index in [1.54, 1.807) is 36.4 Å². The van der Waals surface area contributed by atoms with Gasteiger partial charge in [0.2, 0.25) is 0 Å². The third-order valence-electron chi connectivity index (χ3n) is 5.60. The van der Waals surface area contributed by atoms with Crippen molar-refractivity contribution in [2.75, 3.05) is 0 Å². The van der Waals surface area contributed by atoms with Crippen molar-refractivity contribution in [1.29, 1.82) is 0 Å². The molecule has 8 heteroatoms. The van der Waals surface area contributed by atoms with Gasteiger partial charge in [0.1, 0.15) is 5.82 Å². The van der Waals surface area contributed by atoms with Crippen molar-refractivity contribution < 1.29 is 23.1 Å². The zero-order valence-electron chi connectivity index (χ0n) is 18.6. The molecular formula is C27H20ClF3N2O2. The summed E-state index contributed by atoms with van der Waals surface area (Å²) in [4.78, 5) is 10.8. The Kier molecular flexibility index (Phi) is 7.07. The molecule has 0 saturated carbocycles. The van der Waals surface area contributed by atoms with E-state index in [0.717, 1.165) is 28.3 Å². The van der Waals surface area contributed by atoms with Crippen molar-refractivity contribution in [2.24, 2.45) is 0 Å². The van der Waals surface area contributed by atoms with Crippen molar-refractivity contribution >= 4 is 45.7 Å². The summed E-state index contributed by atoms with van der Waals surface area (Å²) in [5.74, 6) is -1.50. The summed E-state index contributed by atoms with van der Waals surface area (Å²) in [6, 6.07) is 16.6. The smallest absolute Gasteiger partial charge is 0.333 e. The van der Waals surface area contributed by atoms with Crippen LogP contribution in [0.2, 0.25) is 5.02 Å². The summed E-state index contributed by atoms with van der Waals surface area (Å²) >= 11 is 6.42. The number of alkyl halides is 2. The third-order valence-corrected chi connectivity index (χ3v) is 5.91. The largest absolute Gasteiger partial charge is 0.478 e. The normalized spacial score (nSPS) is 12.5. The molecule has 0 fully saturated rings. The molecule has 4 nitrogen and oxygen atoms in total. The molecule has 0 saturated heterocycles. The number of aliphatic carboxylic acids is 1. The Hall–Kier alpha value is -3.84. The predicted octanol–water partition coefficient (Wildman–Crippen LogP) is 7.69. The lowest BCUT2D eigenvalue weighted by molar-refractivity contribution is -0.131. The van der Waals surface area contributed by atoms with Crippen molar-refractivity contribution in [3.05, 3.63) is 106 Å². The van der Waals surface area contributed by atoms with E-state index in [1.807, 2.05) is 19.1 Å². The number of benzene rings is 3. The van der Waals surface area contributed by atoms with E-state index < -0.39 is 18.3 Å². The highest BCUT2D eigenvalue weighted by Crippen LogP contribution is 2.38. The fourth-order valence-corrected chi connectivity index (χ4v) is 4.33. The number of hydrogen-bond donors (Lipinski definition) is 1. The molecule has 1 aromatic heterocycles. The first-order valence-electron chi connectivity index (χ1n) is 10.7. The number of hydrogen-bond acceptors (Lipinski definition) is 2. The Morgan fingerprint density at radius 1 is 1.09 bits per heavy atom. The fourth-order valence-electron chi connectivity index (χ4n) is 4.04. The number of allylic oxidation sites excluding steroid dienone is 1. The number of carboxylic acid groups (broad SMARTS) is 1. The van der Waals surface area contributed by atoms with Gasteiger partial charge in [0.05, 0.1) is 16.7 Å². The molecule has 0 bridgehead atoms. The van der Waals surface area contributed by atoms with Crippen LogP contribution in [-0.4, -0.2) is 20.9 Å². The van der Waals surface area contributed by atoms with Crippen LogP contribution in [0.15, 0.2) is 72.9 Å². The molecule has 0 amide bonds. The maximum atomic E-state index is 13.8. The topological polar surface area (TPSA) is 55.1 Å². The van der Waals surface area contributed by atoms with Gasteiger partial charge in [-0.15, -0.1) is 0 Å². The predicted molar refractivity (Wildman–Crippen MR) is 132 cm³/mol. The van der Waals surface area contributed by atoms with E-state index in [-0.39, 0.29) is 5.02 Å². The fraction of sp³-hybridized carbons (Fsp3) is 0.111. The maximum absolute atomic E-state index is 13.8. The molecule has 0 aliphatic rings. The summed E-state index contributed by atoms with van der Waals surface area (Å²) in [5, 5.41) is 13.5. The highest BCUT2D eigenvalue weighted by Gasteiger charge is 2.18. The molecule has 0 unspecified atom stereocenters. The van der Waals surface area contributed by atoms with E-state index in [1.165, 1.54) is 24.4 Å². The molecule has 0 aliphatic heterocycles. The molecular weight excluding hydrogens is 477 g/mol. The van der Waals surface area contributed by atoms with E-state index in [9.17, 15) is 18.0 Å². The van der Waals surface area contributed by atoms with Gasteiger partial charge >= 0.3 is 12.5 Å². The van der Waals surface area contributed by atoms with Crippen LogP contribution in [0, 0.1) is 5.82 Å². The van der Waals surface area contributed by atoms with E-state index in [2.05, 4.69) is 5.10 Å². The lowest BCUT2D eigenvalue weighted by Crippen LogP contribution is -2.00. The Morgan fingerprint density at radius 2 is 1.80 bits per heavy atom. The summed E-state index contributed by atoms with van der Waals surface area (Å²) in [6.45, 7) is -0.809. The van der Waals surface area contributed by atoms with Gasteiger partial charge in [-0.05, 0) is 70.2 Å². The van der Waals surface area contributed by atoms with Crippen LogP contribution in [0.4, 0.5) is 13.2 Å². The van der Waals surface area contributed by atoms with Crippen molar-refractivity contribution in [3.63, 3.8) is 0 Å². The zero-order chi connectivity index (χ0) is 25.1. The van der Waals surface area contributed by atoms with Crippen LogP contribution >= 0.6 is 11.6 Å². The van der Waals surface area contributed by atoms with E-state index >= 15 is 0 Å². The average Bonchev–Trinajstić information content (AvgIpc) is 3.26. The number of nitrogens with zero attached hydrogens (tertiary/aromatic N) is 2. The van der Waals surface area contributed by atoms with Crippen LogP contribution in [0.3, 0.4) is 0 Å². The van der Waals surface area contributed by atoms with Gasteiger partial charge in [0.25, 0.3) is 0 Å². The van der Waals surface area contributed by atoms with Gasteiger partial charge in [-0.2, -0.15) is 13.9 Å². The molecule has 0 spiro atoms. The number of carboxylic acids is 1. The van der Waals surface area contributed by atoms with E-state index in [0.29, 0.717) is 33.1 Å². The molecule has 0 radical (unpaired) electrons. The molecule has 178 valence electrons. The number of aromatic nitrogens is 2. The summed E-state index contributed by atoms with van der Waals surface area (Å²) < 4.78 is 41.0. The molecule has 0 aliphatic carbocycles. The van der Waals surface area contributed by atoms with Crippen LogP contribution in [0.1, 0.15) is 42.1 Å². The molecule has 4 aromatic rings. The Labute approximate surface area is 204 Å². The number of rotatable bonds is 7. The van der Waals surface area contributed by atoms with Crippen LogP contribution in [0.25, 0.3) is 28.1 Å². The summed E-state index contributed by atoms with van der Waals surface area (Å²) in [7, 11) is 0. The maximum Gasteiger partial charge on any atom is 0.333 e. The Morgan fingerprint density at radius 3 is 2.43 bits per heavy atom. The van der Waals surface area contributed by atoms with Gasteiger partial charge in [0, 0.05) is 11.5 Å². The van der Waals surface area contributed by atoms with Crippen molar-refractivity contribution in [2.45, 2.75) is 19.9 Å². The second-order valence-corrected chi connectivity index (χ2v) is 8.17. The molecule has 3 aromatic carbocycles. The molecule has 35 heavy (non-hydrogen) atoms. The SMILES string of the molecule is CC/C(=C(/c1ccc(/C=C/C(=O)O)cc1)c1ccc2c(cnn2C(F)F)c1)c1ccc(F)cc1Cl. The van der Waals surface area contributed by atoms with Gasteiger partial charge in [0.15, 0.2) is 0 Å². The summed E-state index contributed by atoms with van der Waals surface area (Å²) in [6.07, 6.45) is 4.47. The van der Waals surface area contributed by atoms with Gasteiger partial charge in [-0.25, -0.2) is 13.9 Å². The molecule has 1 heterocycles. The third kappa shape index (κ3) is 5.15. The van der Waals surface area contributed by atoms with Gasteiger partial charge < -0.3 is 5.11 Å². The first-order chi connectivity index (χ1) is 16.8. The van der Waals surface area contributed by atoms with Gasteiger partial charge in [-0.1, -0.05) is 54.9 Å². The molecule has 0 atom stereocenters. The number of carbonyl (C=O) groups is 1. The highest BCUT2D eigenvalue weighted by atomic mass is 35.5. The Bertz CT molecular complexity index is 1460.